The Bertz CT molecular complexity index is 868. The van der Waals surface area contributed by atoms with E-state index in [9.17, 15) is 4.79 Å². The van der Waals surface area contributed by atoms with Crippen LogP contribution in [-0.4, -0.2) is 20.7 Å². The summed E-state index contributed by atoms with van der Waals surface area (Å²) in [7, 11) is 1.86. The van der Waals surface area contributed by atoms with Gasteiger partial charge in [0.15, 0.2) is 5.69 Å². The number of rotatable bonds is 4. The summed E-state index contributed by atoms with van der Waals surface area (Å²) in [6.07, 6.45) is 0.724. The van der Waals surface area contributed by atoms with Gasteiger partial charge in [-0.15, -0.1) is 0 Å². The van der Waals surface area contributed by atoms with Crippen LogP contribution in [0.5, 0.6) is 0 Å². The summed E-state index contributed by atoms with van der Waals surface area (Å²) in [5, 5.41) is 7.29. The van der Waals surface area contributed by atoms with Crippen LogP contribution in [-0.2, 0) is 13.5 Å². The molecule has 3 rings (SSSR count). The van der Waals surface area contributed by atoms with Crippen LogP contribution < -0.4 is 5.32 Å². The lowest BCUT2D eigenvalue weighted by molar-refractivity contribution is 0.102. The number of benzene rings is 1. The Morgan fingerprint density at radius 1 is 1.12 bits per heavy atom. The fraction of sp³-hybridized carbons (Fsp3) is 0.211. The van der Waals surface area contributed by atoms with Gasteiger partial charge in [-0.05, 0) is 25.5 Å². The van der Waals surface area contributed by atoms with Crippen LogP contribution >= 0.6 is 0 Å². The topological polar surface area (TPSA) is 59.8 Å². The van der Waals surface area contributed by atoms with Crippen molar-refractivity contribution < 1.29 is 4.79 Å². The molecule has 0 bridgehead atoms. The van der Waals surface area contributed by atoms with Crippen molar-refractivity contribution in [1.29, 1.82) is 0 Å². The average molecular weight is 320 g/mol. The third-order valence-corrected chi connectivity index (χ3v) is 3.89. The second-order valence-corrected chi connectivity index (χ2v) is 5.64. The molecule has 0 saturated heterocycles. The maximum Gasteiger partial charge on any atom is 0.277 e. The van der Waals surface area contributed by atoms with E-state index in [0.29, 0.717) is 11.5 Å². The van der Waals surface area contributed by atoms with Crippen LogP contribution in [0.1, 0.15) is 28.7 Å². The quantitative estimate of drug-likeness (QED) is 0.799. The van der Waals surface area contributed by atoms with Gasteiger partial charge in [0, 0.05) is 23.9 Å². The first-order chi connectivity index (χ1) is 11.6. The predicted octanol–water partition coefficient (Wildman–Crippen LogP) is 3.61. The SMILES string of the molecule is CCc1c(C(=O)Nc2cccc(C)n2)nn(C)c1-c1ccccc1. The van der Waals surface area contributed by atoms with Crippen LogP contribution in [0.2, 0.25) is 0 Å². The second-order valence-electron chi connectivity index (χ2n) is 5.64. The molecule has 5 nitrogen and oxygen atoms in total. The number of anilines is 1. The number of nitrogens with one attached hydrogen (secondary N) is 1. The second kappa shape index (κ2) is 6.66. The van der Waals surface area contributed by atoms with Crippen molar-refractivity contribution in [2.45, 2.75) is 20.3 Å². The monoisotopic (exact) mass is 320 g/mol. The molecule has 0 aliphatic carbocycles. The Balaban J connectivity index is 1.98. The van der Waals surface area contributed by atoms with E-state index in [0.717, 1.165) is 28.9 Å². The van der Waals surface area contributed by atoms with Crippen molar-refractivity contribution in [3.05, 3.63) is 65.5 Å². The normalized spacial score (nSPS) is 10.6. The van der Waals surface area contributed by atoms with Gasteiger partial charge in [-0.3, -0.25) is 9.48 Å². The van der Waals surface area contributed by atoms with E-state index >= 15 is 0 Å². The van der Waals surface area contributed by atoms with E-state index in [1.165, 1.54) is 0 Å². The molecule has 0 spiro atoms. The third-order valence-electron chi connectivity index (χ3n) is 3.89. The summed E-state index contributed by atoms with van der Waals surface area (Å²) >= 11 is 0. The highest BCUT2D eigenvalue weighted by Gasteiger charge is 2.21. The lowest BCUT2D eigenvalue weighted by Crippen LogP contribution is -2.15. The van der Waals surface area contributed by atoms with Gasteiger partial charge in [0.25, 0.3) is 5.91 Å². The van der Waals surface area contributed by atoms with Crippen LogP contribution in [0.3, 0.4) is 0 Å². The lowest BCUT2D eigenvalue weighted by Gasteiger charge is -2.06. The molecule has 0 atom stereocenters. The van der Waals surface area contributed by atoms with Gasteiger partial charge >= 0.3 is 0 Å². The molecule has 5 heteroatoms. The van der Waals surface area contributed by atoms with E-state index in [1.807, 2.05) is 63.4 Å². The average Bonchev–Trinajstić information content (AvgIpc) is 2.92. The molecule has 0 unspecified atom stereocenters. The number of carbonyl (C=O) groups excluding carboxylic acids is 1. The van der Waals surface area contributed by atoms with E-state index < -0.39 is 0 Å². The Kier molecular flexibility index (Phi) is 4.42. The highest BCUT2D eigenvalue weighted by atomic mass is 16.2. The first-order valence-corrected chi connectivity index (χ1v) is 7.96. The fourth-order valence-electron chi connectivity index (χ4n) is 2.83. The van der Waals surface area contributed by atoms with Crippen LogP contribution in [0.15, 0.2) is 48.5 Å². The summed E-state index contributed by atoms with van der Waals surface area (Å²) in [5.74, 6) is 0.302. The highest BCUT2D eigenvalue weighted by Crippen LogP contribution is 2.26. The van der Waals surface area contributed by atoms with E-state index in [4.69, 9.17) is 0 Å². The minimum Gasteiger partial charge on any atom is -0.305 e. The number of hydrogen-bond acceptors (Lipinski definition) is 3. The smallest absolute Gasteiger partial charge is 0.277 e. The van der Waals surface area contributed by atoms with Crippen LogP contribution in [0, 0.1) is 6.92 Å². The summed E-state index contributed by atoms with van der Waals surface area (Å²) in [6.45, 7) is 3.92. The Hall–Kier alpha value is -2.95. The zero-order chi connectivity index (χ0) is 17.1. The Morgan fingerprint density at radius 2 is 1.88 bits per heavy atom. The van der Waals surface area contributed by atoms with Crippen molar-refractivity contribution >= 4 is 11.7 Å². The maximum atomic E-state index is 12.7. The van der Waals surface area contributed by atoms with Gasteiger partial charge in [0.2, 0.25) is 0 Å². The molecule has 0 saturated carbocycles. The lowest BCUT2D eigenvalue weighted by atomic mass is 10.0. The van der Waals surface area contributed by atoms with Crippen molar-refractivity contribution in [3.63, 3.8) is 0 Å². The summed E-state index contributed by atoms with van der Waals surface area (Å²) < 4.78 is 1.77. The first kappa shape index (κ1) is 15.9. The molecular weight excluding hydrogens is 300 g/mol. The van der Waals surface area contributed by atoms with Crippen molar-refractivity contribution in [3.8, 4) is 11.3 Å². The number of carbonyl (C=O) groups is 1. The standard InChI is InChI=1S/C19H20N4O/c1-4-15-17(19(24)21-16-12-8-9-13(2)20-16)22-23(3)18(15)14-10-6-5-7-11-14/h5-12H,4H2,1-3H3,(H,20,21,24). The van der Waals surface area contributed by atoms with Crippen LogP contribution in [0.25, 0.3) is 11.3 Å². The third kappa shape index (κ3) is 3.06. The number of aromatic nitrogens is 3. The first-order valence-electron chi connectivity index (χ1n) is 7.96. The molecule has 0 aliphatic rings. The van der Waals surface area contributed by atoms with Gasteiger partial charge in [-0.1, -0.05) is 43.3 Å². The Labute approximate surface area is 141 Å². The fourth-order valence-corrected chi connectivity index (χ4v) is 2.83. The molecule has 1 aromatic carbocycles. The molecular formula is C19H20N4O. The van der Waals surface area contributed by atoms with Gasteiger partial charge in [-0.2, -0.15) is 5.10 Å². The number of aryl methyl sites for hydroxylation is 2. The van der Waals surface area contributed by atoms with Crippen LogP contribution in [0.4, 0.5) is 5.82 Å². The number of nitrogens with zero attached hydrogens (tertiary/aromatic N) is 3. The van der Waals surface area contributed by atoms with Crippen molar-refractivity contribution in [2.24, 2.45) is 7.05 Å². The molecule has 0 fully saturated rings. The summed E-state index contributed by atoms with van der Waals surface area (Å²) in [5.41, 5.74) is 4.27. The number of hydrogen-bond donors (Lipinski definition) is 1. The van der Waals surface area contributed by atoms with Crippen molar-refractivity contribution in [2.75, 3.05) is 5.32 Å². The molecule has 0 radical (unpaired) electrons. The molecule has 2 heterocycles. The van der Waals surface area contributed by atoms with E-state index in [1.54, 1.807) is 10.7 Å². The number of amides is 1. The van der Waals surface area contributed by atoms with Gasteiger partial charge in [0.05, 0.1) is 5.69 Å². The highest BCUT2D eigenvalue weighted by molar-refractivity contribution is 6.04. The molecule has 0 aliphatic heterocycles. The molecule has 24 heavy (non-hydrogen) atoms. The molecule has 1 N–H and O–H groups in total. The molecule has 2 aromatic heterocycles. The molecule has 1 amide bonds. The molecule has 3 aromatic rings. The maximum absolute atomic E-state index is 12.7. The Morgan fingerprint density at radius 3 is 2.54 bits per heavy atom. The summed E-state index contributed by atoms with van der Waals surface area (Å²) in [4.78, 5) is 17.0. The summed E-state index contributed by atoms with van der Waals surface area (Å²) in [6, 6.07) is 15.5. The molecule has 122 valence electrons. The zero-order valence-corrected chi connectivity index (χ0v) is 14.1. The zero-order valence-electron chi connectivity index (χ0n) is 14.1. The number of pyridine rings is 1. The predicted molar refractivity (Wildman–Crippen MR) is 94.9 cm³/mol. The van der Waals surface area contributed by atoms with Gasteiger partial charge in [0.1, 0.15) is 5.82 Å². The van der Waals surface area contributed by atoms with Crippen molar-refractivity contribution in [1.82, 2.24) is 14.8 Å². The minimum atomic E-state index is -0.234. The largest absolute Gasteiger partial charge is 0.305 e. The van der Waals surface area contributed by atoms with E-state index in [2.05, 4.69) is 15.4 Å². The van der Waals surface area contributed by atoms with Gasteiger partial charge in [-0.25, -0.2) is 4.98 Å². The van der Waals surface area contributed by atoms with E-state index in [-0.39, 0.29) is 5.91 Å². The van der Waals surface area contributed by atoms with Gasteiger partial charge < -0.3 is 5.32 Å². The minimum absolute atomic E-state index is 0.234.